The minimum Gasteiger partial charge on any atom is -0.309 e. The Morgan fingerprint density at radius 1 is 0.457 bits per heavy atom. The quantitative estimate of drug-likeness (QED) is 0.207. The van der Waals surface area contributed by atoms with Gasteiger partial charge >= 0.3 is 0 Å². The Labute approximate surface area is 202 Å². The van der Waals surface area contributed by atoms with Crippen LogP contribution in [0.4, 0.5) is 0 Å². The van der Waals surface area contributed by atoms with Crippen molar-refractivity contribution in [1.82, 2.24) is 4.40 Å². The van der Waals surface area contributed by atoms with Gasteiger partial charge in [-0.25, -0.2) is 0 Å². The van der Waals surface area contributed by atoms with Crippen molar-refractivity contribution < 1.29 is 0 Å². The van der Waals surface area contributed by atoms with Crippen molar-refractivity contribution in [2.75, 3.05) is 0 Å². The van der Waals surface area contributed by atoms with E-state index in [2.05, 4.69) is 108 Å². The van der Waals surface area contributed by atoms with Crippen LogP contribution in [0.5, 0.6) is 0 Å². The van der Waals surface area contributed by atoms with E-state index < -0.39 is 0 Å². The molecule has 0 spiro atoms. The van der Waals surface area contributed by atoms with Gasteiger partial charge in [-0.15, -0.1) is 0 Å². The lowest BCUT2D eigenvalue weighted by Crippen LogP contribution is -1.95. The molecule has 0 aliphatic heterocycles. The molecule has 0 radical (unpaired) electrons. The molecule has 1 heteroatoms. The third-order valence-electron chi connectivity index (χ3n) is 8.37. The Bertz CT molecular complexity index is 2050. The number of nitrogens with zero attached hydrogens (tertiary/aromatic N) is 1. The Morgan fingerprint density at radius 2 is 1.20 bits per heavy atom. The predicted molar refractivity (Wildman–Crippen MR) is 146 cm³/mol. The van der Waals surface area contributed by atoms with E-state index in [4.69, 9.17) is 0 Å². The molecule has 9 rings (SSSR count). The first-order chi connectivity index (χ1) is 17.3. The summed E-state index contributed by atoms with van der Waals surface area (Å²) < 4.78 is 2.53. The van der Waals surface area contributed by atoms with Gasteiger partial charge in [0.2, 0.25) is 0 Å². The lowest BCUT2D eigenvalue weighted by molar-refractivity contribution is 1.25. The van der Waals surface area contributed by atoms with Crippen LogP contribution in [0.25, 0.3) is 60.3 Å². The van der Waals surface area contributed by atoms with Crippen LogP contribution in [-0.2, 0) is 12.8 Å². The van der Waals surface area contributed by atoms with E-state index in [9.17, 15) is 0 Å². The van der Waals surface area contributed by atoms with E-state index in [-0.39, 0.29) is 0 Å². The predicted octanol–water partition coefficient (Wildman–Crippen LogP) is 8.54. The summed E-state index contributed by atoms with van der Waals surface area (Å²) in [6, 6.07) is 38.8. The summed E-state index contributed by atoms with van der Waals surface area (Å²) in [5.74, 6) is 0. The van der Waals surface area contributed by atoms with Crippen LogP contribution in [0, 0.1) is 0 Å². The average molecular weight is 444 g/mol. The van der Waals surface area contributed by atoms with Crippen LogP contribution in [-0.4, -0.2) is 4.40 Å². The molecule has 0 N–H and O–H groups in total. The van der Waals surface area contributed by atoms with Gasteiger partial charge in [0.15, 0.2) is 0 Å². The lowest BCUT2D eigenvalue weighted by Gasteiger charge is -2.16. The molecule has 0 atom stereocenters. The van der Waals surface area contributed by atoms with Gasteiger partial charge in [-0.3, -0.25) is 0 Å². The molecule has 0 amide bonds. The molecule has 2 aromatic heterocycles. The molecule has 5 aromatic carbocycles. The summed E-state index contributed by atoms with van der Waals surface area (Å²) in [5, 5.41) is 5.39. The number of benzene rings is 5. The molecule has 2 aliphatic carbocycles. The Morgan fingerprint density at radius 3 is 2.11 bits per heavy atom. The van der Waals surface area contributed by atoms with E-state index in [1.807, 2.05) is 0 Å². The zero-order valence-electron chi connectivity index (χ0n) is 19.2. The second kappa shape index (κ2) is 6.20. The van der Waals surface area contributed by atoms with Crippen molar-refractivity contribution in [2.24, 2.45) is 0 Å². The topological polar surface area (TPSA) is 4.41 Å². The van der Waals surface area contributed by atoms with Gasteiger partial charge in [0.1, 0.15) is 0 Å². The van der Waals surface area contributed by atoms with Crippen molar-refractivity contribution in [3.8, 4) is 22.3 Å². The summed E-state index contributed by atoms with van der Waals surface area (Å²) in [4.78, 5) is 0. The van der Waals surface area contributed by atoms with Gasteiger partial charge in [0.25, 0.3) is 0 Å². The van der Waals surface area contributed by atoms with Crippen molar-refractivity contribution in [3.63, 3.8) is 0 Å². The Kier molecular flexibility index (Phi) is 3.19. The molecule has 1 nitrogen and oxygen atoms in total. The molecule has 162 valence electrons. The smallest absolute Gasteiger partial charge is 0.0553 e. The summed E-state index contributed by atoms with van der Waals surface area (Å²) in [5.41, 5.74) is 15.3. The maximum atomic E-state index is 2.53. The normalized spacial score (nSPS) is 13.5. The number of hydrogen-bond acceptors (Lipinski definition) is 0. The number of fused-ring (bicyclic) bond motifs is 15. The fourth-order valence-corrected chi connectivity index (χ4v) is 6.88. The minimum absolute atomic E-state index is 1.01. The SMILES string of the molecule is c1ccc2c(c1)Cc1cc3c(cc1-2)c1ccc2c(c1c1cc4ccccc4n31)-c1ccccc1C2. The monoisotopic (exact) mass is 443 g/mol. The van der Waals surface area contributed by atoms with Crippen LogP contribution in [0.15, 0.2) is 103 Å². The van der Waals surface area contributed by atoms with Crippen LogP contribution >= 0.6 is 0 Å². The molecule has 0 fully saturated rings. The molecular weight excluding hydrogens is 422 g/mol. The zero-order valence-corrected chi connectivity index (χ0v) is 19.2. The maximum Gasteiger partial charge on any atom is 0.0553 e. The van der Waals surface area contributed by atoms with E-state index >= 15 is 0 Å². The number of para-hydroxylation sites is 1. The van der Waals surface area contributed by atoms with Gasteiger partial charge in [-0.05, 0) is 87.0 Å². The maximum absolute atomic E-state index is 2.53. The molecule has 2 heterocycles. The summed E-state index contributed by atoms with van der Waals surface area (Å²) in [7, 11) is 0. The average Bonchev–Trinajstić information content (AvgIpc) is 3.58. The molecule has 0 bridgehead atoms. The van der Waals surface area contributed by atoms with Gasteiger partial charge in [0, 0.05) is 16.2 Å². The first kappa shape index (κ1) is 18.0. The summed E-state index contributed by atoms with van der Waals surface area (Å²) >= 11 is 0. The second-order valence-electron chi connectivity index (χ2n) is 10.1. The molecule has 2 aliphatic rings. The first-order valence-electron chi connectivity index (χ1n) is 12.5. The highest BCUT2D eigenvalue weighted by atomic mass is 14.9. The van der Waals surface area contributed by atoms with Crippen LogP contribution in [0.2, 0.25) is 0 Å². The van der Waals surface area contributed by atoms with Crippen molar-refractivity contribution in [2.45, 2.75) is 12.8 Å². The summed E-state index contributed by atoms with van der Waals surface area (Å²) in [6.07, 6.45) is 2.03. The van der Waals surface area contributed by atoms with Crippen molar-refractivity contribution in [3.05, 3.63) is 125 Å². The van der Waals surface area contributed by atoms with Crippen molar-refractivity contribution in [1.29, 1.82) is 0 Å². The van der Waals surface area contributed by atoms with E-state index in [0.717, 1.165) is 12.8 Å². The molecule has 0 unspecified atom stereocenters. The Balaban J connectivity index is 1.55. The highest BCUT2D eigenvalue weighted by molar-refractivity contribution is 6.22. The third kappa shape index (κ3) is 2.19. The standard InChI is InChI=1S/C34H21N/c1-4-10-25-20(7-1)16-24-18-31-29(19-28(24)25)27-14-13-23-15-21-8-2-5-11-26(21)33(23)34(27)32-17-22-9-3-6-12-30(22)35(31)32/h1-14,17-19H,15-16H2. The molecule has 0 saturated carbocycles. The molecule has 0 saturated heterocycles. The third-order valence-corrected chi connectivity index (χ3v) is 8.37. The largest absolute Gasteiger partial charge is 0.309 e. The van der Waals surface area contributed by atoms with E-state index in [1.54, 1.807) is 0 Å². The molecule has 35 heavy (non-hydrogen) atoms. The Hall–Kier alpha value is -4.36. The van der Waals surface area contributed by atoms with Gasteiger partial charge in [-0.2, -0.15) is 0 Å². The van der Waals surface area contributed by atoms with Gasteiger partial charge in [-0.1, -0.05) is 78.9 Å². The summed E-state index contributed by atoms with van der Waals surface area (Å²) in [6.45, 7) is 0. The highest BCUT2D eigenvalue weighted by Gasteiger charge is 2.25. The zero-order chi connectivity index (χ0) is 22.7. The number of rotatable bonds is 0. The first-order valence-corrected chi connectivity index (χ1v) is 12.5. The van der Waals surface area contributed by atoms with Crippen LogP contribution in [0.1, 0.15) is 22.3 Å². The second-order valence-corrected chi connectivity index (χ2v) is 10.1. The lowest BCUT2D eigenvalue weighted by atomic mass is 9.93. The number of pyridine rings is 1. The van der Waals surface area contributed by atoms with E-state index in [1.165, 1.54) is 82.6 Å². The van der Waals surface area contributed by atoms with Crippen molar-refractivity contribution >= 4 is 38.1 Å². The number of aromatic nitrogens is 1. The fraction of sp³-hybridized carbons (Fsp3) is 0.0588. The van der Waals surface area contributed by atoms with Crippen LogP contribution < -0.4 is 0 Å². The molecular formula is C34H21N. The molecule has 7 aromatic rings. The number of hydrogen-bond donors (Lipinski definition) is 0. The highest BCUT2D eigenvalue weighted by Crippen LogP contribution is 2.47. The van der Waals surface area contributed by atoms with E-state index in [0.29, 0.717) is 0 Å². The van der Waals surface area contributed by atoms with Gasteiger partial charge < -0.3 is 4.40 Å². The fourth-order valence-electron chi connectivity index (χ4n) is 6.88. The van der Waals surface area contributed by atoms with Crippen LogP contribution in [0.3, 0.4) is 0 Å². The minimum atomic E-state index is 1.01. The van der Waals surface area contributed by atoms with Gasteiger partial charge in [0.05, 0.1) is 16.6 Å².